The third-order valence-corrected chi connectivity index (χ3v) is 7.24. The molecule has 0 aromatic heterocycles. The Morgan fingerprint density at radius 2 is 1.73 bits per heavy atom. The molecule has 1 fully saturated rings. The van der Waals surface area contributed by atoms with Crippen LogP contribution in [0.15, 0.2) is 29.4 Å². The first-order valence-corrected chi connectivity index (χ1v) is 11.4. The maximum absolute atomic E-state index is 13.5. The minimum Gasteiger partial charge on any atom is -0.268 e. The van der Waals surface area contributed by atoms with Crippen molar-refractivity contribution in [1.29, 1.82) is 0 Å². The number of halogens is 3. The van der Waals surface area contributed by atoms with Crippen LogP contribution in [0.25, 0.3) is 0 Å². The van der Waals surface area contributed by atoms with Crippen LogP contribution in [0.2, 0.25) is 0 Å². The molecular weight excluding hydrogens is 423 g/mol. The van der Waals surface area contributed by atoms with E-state index in [0.717, 1.165) is 18.6 Å². The van der Waals surface area contributed by atoms with Gasteiger partial charge in [-0.05, 0) is 30.2 Å². The maximum Gasteiger partial charge on any atom is 0.437 e. The Morgan fingerprint density at radius 3 is 2.20 bits per heavy atom. The van der Waals surface area contributed by atoms with E-state index in [-0.39, 0.29) is 5.56 Å². The molecule has 0 saturated heterocycles. The Kier molecular flexibility index (Phi) is 7.92. The molecule has 0 spiro atoms. The van der Waals surface area contributed by atoms with E-state index >= 15 is 0 Å². The van der Waals surface area contributed by atoms with Gasteiger partial charge < -0.3 is 0 Å². The molecule has 0 radical (unpaired) electrons. The van der Waals surface area contributed by atoms with Crippen molar-refractivity contribution < 1.29 is 36.0 Å². The molecule has 1 atom stereocenters. The van der Waals surface area contributed by atoms with E-state index in [1.54, 1.807) is 0 Å². The second-order valence-corrected chi connectivity index (χ2v) is 10.0. The van der Waals surface area contributed by atoms with E-state index in [1.807, 2.05) is 20.8 Å². The molecule has 1 unspecified atom stereocenters. The number of oxime groups is 1. The third-order valence-electron chi connectivity index (χ3n) is 5.67. The molecule has 1 aromatic carbocycles. The van der Waals surface area contributed by atoms with Gasteiger partial charge in [0.25, 0.3) is 0 Å². The summed E-state index contributed by atoms with van der Waals surface area (Å²) in [5.41, 5.74) is -1.78. The van der Waals surface area contributed by atoms with Gasteiger partial charge in [0.05, 0.1) is 5.25 Å². The lowest BCUT2D eigenvalue weighted by molar-refractivity contribution is -0.305. The number of hydrogen-bond donors (Lipinski definition) is 1. The van der Waals surface area contributed by atoms with E-state index in [1.165, 1.54) is 12.1 Å². The maximum atomic E-state index is 13.5. The first kappa shape index (κ1) is 24.6. The van der Waals surface area contributed by atoms with Gasteiger partial charge in [0.1, 0.15) is 6.10 Å². The first-order valence-electron chi connectivity index (χ1n) is 9.90. The van der Waals surface area contributed by atoms with Crippen LogP contribution in [0.1, 0.15) is 76.5 Å². The molecule has 1 aliphatic rings. The molecule has 2 rings (SSSR count). The highest BCUT2D eigenvalue weighted by atomic mass is 32.2. The van der Waals surface area contributed by atoms with Crippen LogP contribution >= 0.6 is 0 Å². The van der Waals surface area contributed by atoms with Crippen LogP contribution in [0.3, 0.4) is 0 Å². The van der Waals surface area contributed by atoms with Gasteiger partial charge in [0, 0.05) is 5.56 Å². The first-order chi connectivity index (χ1) is 13.9. The summed E-state index contributed by atoms with van der Waals surface area (Å²) in [6, 6.07) is 5.06. The third kappa shape index (κ3) is 5.95. The van der Waals surface area contributed by atoms with Crippen molar-refractivity contribution in [3.8, 4) is 0 Å². The highest BCUT2D eigenvalue weighted by Gasteiger charge is 2.39. The summed E-state index contributed by atoms with van der Waals surface area (Å²) in [5.74, 6) is 0. The fourth-order valence-corrected chi connectivity index (χ4v) is 4.64. The van der Waals surface area contributed by atoms with Crippen molar-refractivity contribution >= 4 is 15.8 Å². The second kappa shape index (κ2) is 9.65. The number of nitrogens with zero attached hydrogens (tertiary/aromatic N) is 1. The van der Waals surface area contributed by atoms with Crippen molar-refractivity contribution in [2.75, 3.05) is 0 Å². The summed E-state index contributed by atoms with van der Waals surface area (Å²) >= 11 is 0. The molecule has 6 nitrogen and oxygen atoms in total. The Labute approximate surface area is 175 Å². The van der Waals surface area contributed by atoms with Gasteiger partial charge in [0.15, 0.2) is 5.71 Å². The van der Waals surface area contributed by atoms with E-state index < -0.39 is 38.8 Å². The molecular formula is C20H28F3NO5S. The minimum atomic E-state index is -4.92. The fourth-order valence-electron chi connectivity index (χ4n) is 3.43. The smallest absolute Gasteiger partial charge is 0.268 e. The van der Waals surface area contributed by atoms with Crippen LogP contribution < -0.4 is 0 Å². The van der Waals surface area contributed by atoms with Gasteiger partial charge >= 0.3 is 16.3 Å². The number of alkyl halides is 3. The van der Waals surface area contributed by atoms with E-state index in [4.69, 9.17) is 0 Å². The molecule has 170 valence electrons. The topological polar surface area (TPSA) is 85.2 Å². The fraction of sp³-hybridized carbons (Fsp3) is 0.650. The molecule has 1 aliphatic carbocycles. The van der Waals surface area contributed by atoms with E-state index in [0.29, 0.717) is 37.7 Å². The predicted molar refractivity (Wildman–Crippen MR) is 106 cm³/mol. The van der Waals surface area contributed by atoms with Gasteiger partial charge in [-0.25, -0.2) is 4.89 Å². The summed E-state index contributed by atoms with van der Waals surface area (Å²) < 4.78 is 69.5. The monoisotopic (exact) mass is 451 g/mol. The summed E-state index contributed by atoms with van der Waals surface area (Å²) in [5, 5.41) is 11.4. The quantitative estimate of drug-likeness (QED) is 0.316. The van der Waals surface area contributed by atoms with Crippen molar-refractivity contribution in [3.05, 3.63) is 35.4 Å². The van der Waals surface area contributed by atoms with Crippen LogP contribution in [0, 0.1) is 5.41 Å². The molecule has 10 heteroatoms. The number of hydrogen-bond acceptors (Lipinski definition) is 6. The predicted octanol–water partition coefficient (Wildman–Crippen LogP) is 5.60. The lowest BCUT2D eigenvalue weighted by Gasteiger charge is -2.31. The number of rotatable bonds is 8. The van der Waals surface area contributed by atoms with E-state index in [2.05, 4.69) is 14.3 Å². The Morgan fingerprint density at radius 1 is 1.17 bits per heavy atom. The van der Waals surface area contributed by atoms with Gasteiger partial charge in [-0.1, -0.05) is 69.5 Å². The largest absolute Gasteiger partial charge is 0.437 e. The van der Waals surface area contributed by atoms with Crippen LogP contribution in [-0.2, 0) is 19.3 Å². The lowest BCUT2D eigenvalue weighted by Crippen LogP contribution is -2.28. The molecule has 1 aromatic rings. The summed E-state index contributed by atoms with van der Waals surface area (Å²) in [4.78, 5) is 4.56. The molecule has 0 bridgehead atoms. The van der Waals surface area contributed by atoms with Crippen LogP contribution in [0.5, 0.6) is 0 Å². The zero-order valence-corrected chi connectivity index (χ0v) is 18.1. The summed E-state index contributed by atoms with van der Waals surface area (Å²) in [7, 11) is -4.24. The average Bonchev–Trinajstić information content (AvgIpc) is 2.69. The number of benzene rings is 1. The zero-order valence-electron chi connectivity index (χ0n) is 17.3. The molecule has 30 heavy (non-hydrogen) atoms. The van der Waals surface area contributed by atoms with Crippen molar-refractivity contribution in [2.24, 2.45) is 10.6 Å². The van der Waals surface area contributed by atoms with Gasteiger partial charge in [-0.15, -0.1) is 0 Å². The van der Waals surface area contributed by atoms with Gasteiger partial charge in [-0.3, -0.25) is 9.54 Å². The average molecular weight is 452 g/mol. The highest BCUT2D eigenvalue weighted by Crippen LogP contribution is 2.39. The zero-order chi connectivity index (χ0) is 22.6. The molecule has 0 aliphatic heterocycles. The van der Waals surface area contributed by atoms with Crippen LogP contribution in [0.4, 0.5) is 13.2 Å². The Balaban J connectivity index is 2.30. The summed E-state index contributed by atoms with van der Waals surface area (Å²) in [6.45, 7) is 5.61. The van der Waals surface area contributed by atoms with Gasteiger partial charge in [-0.2, -0.15) is 21.6 Å². The lowest BCUT2D eigenvalue weighted by atomic mass is 9.80. The van der Waals surface area contributed by atoms with Crippen molar-refractivity contribution in [3.63, 3.8) is 0 Å². The van der Waals surface area contributed by atoms with Crippen molar-refractivity contribution in [1.82, 2.24) is 0 Å². The molecule has 1 N–H and O–H groups in total. The molecule has 0 heterocycles. The molecule has 1 saturated carbocycles. The minimum absolute atomic E-state index is 0.351. The summed E-state index contributed by atoms with van der Waals surface area (Å²) in [6.07, 6.45) is -2.04. The SMILES string of the molecule is CCC(C)(C)C(OO)c1ccc(C(=NOS(=O)(=O)C2CCCCC2)C(F)(F)F)cc1. The van der Waals surface area contributed by atoms with E-state index in [9.17, 15) is 26.8 Å². The van der Waals surface area contributed by atoms with Crippen LogP contribution in [-0.4, -0.2) is 30.8 Å². The highest BCUT2D eigenvalue weighted by molar-refractivity contribution is 7.87. The van der Waals surface area contributed by atoms with Crippen molar-refractivity contribution in [2.45, 2.75) is 76.8 Å². The standard InChI is InChI=1S/C20H28F3NO5S/c1-4-19(2,3)18(28-25)15-12-10-14(11-13-15)17(20(21,22)23)24-29-30(26,27)16-8-6-5-7-9-16/h10-13,16,18,25H,4-9H2,1-3H3. The second-order valence-electron chi connectivity index (χ2n) is 8.21. The Bertz CT molecular complexity index is 829. The normalized spacial score (nSPS) is 18.3. The van der Waals surface area contributed by atoms with Gasteiger partial charge in [0.2, 0.25) is 0 Å². The molecule has 0 amide bonds. The Hall–Kier alpha value is -1.65.